The fraction of sp³-hybridized carbons (Fsp3) is 0.385. The third kappa shape index (κ3) is 5.82. The van der Waals surface area contributed by atoms with E-state index in [-0.39, 0.29) is 5.91 Å². The van der Waals surface area contributed by atoms with E-state index < -0.39 is 0 Å². The highest BCUT2D eigenvalue weighted by Gasteiger charge is 2.16. The van der Waals surface area contributed by atoms with Gasteiger partial charge in [0.25, 0.3) is 5.91 Å². The molecular weight excluding hydrogens is 384 g/mol. The molecule has 0 aliphatic carbocycles. The lowest BCUT2D eigenvalue weighted by atomic mass is 9.99. The Labute approximate surface area is 185 Å². The molecule has 3 aromatic rings. The molecule has 1 aliphatic rings. The van der Waals surface area contributed by atoms with E-state index in [1.54, 1.807) is 6.20 Å². The van der Waals surface area contributed by atoms with Crippen LogP contribution >= 0.6 is 0 Å². The van der Waals surface area contributed by atoms with Crippen molar-refractivity contribution in [1.29, 1.82) is 0 Å². The fourth-order valence-corrected chi connectivity index (χ4v) is 4.34. The molecule has 1 aliphatic heterocycles. The third-order valence-corrected chi connectivity index (χ3v) is 6.08. The fourth-order valence-electron chi connectivity index (χ4n) is 4.34. The molecule has 1 saturated heterocycles. The van der Waals surface area contributed by atoms with Gasteiger partial charge in [0.1, 0.15) is 5.82 Å². The topological polar surface area (TPSA) is 50.2 Å². The van der Waals surface area contributed by atoms with Crippen molar-refractivity contribution in [1.82, 2.24) is 19.8 Å². The minimum Gasteiger partial charge on any atom is -0.348 e. The number of nitrogens with zero attached hydrogens (tertiary/aromatic N) is 3. The zero-order valence-corrected chi connectivity index (χ0v) is 18.6. The number of hydrogen-bond acceptors (Lipinski definition) is 3. The molecule has 1 atom stereocenters. The monoisotopic (exact) mass is 416 g/mol. The summed E-state index contributed by atoms with van der Waals surface area (Å²) in [6.45, 7) is 8.98. The smallest absolute Gasteiger partial charge is 0.251 e. The number of imidazole rings is 1. The first-order valence-corrected chi connectivity index (χ1v) is 11.2. The molecule has 4 rings (SSSR count). The summed E-state index contributed by atoms with van der Waals surface area (Å²) >= 11 is 0. The highest BCUT2D eigenvalue weighted by atomic mass is 16.1. The van der Waals surface area contributed by atoms with Crippen molar-refractivity contribution in [3.05, 3.63) is 89.0 Å². The van der Waals surface area contributed by atoms with Crippen molar-refractivity contribution in [2.75, 3.05) is 13.1 Å². The summed E-state index contributed by atoms with van der Waals surface area (Å²) in [4.78, 5) is 19.4. The van der Waals surface area contributed by atoms with Gasteiger partial charge in [0.2, 0.25) is 0 Å². The van der Waals surface area contributed by atoms with Crippen molar-refractivity contribution >= 4 is 5.91 Å². The molecule has 2 aromatic carbocycles. The van der Waals surface area contributed by atoms with Crippen molar-refractivity contribution in [2.45, 2.75) is 46.3 Å². The molecule has 0 bridgehead atoms. The van der Waals surface area contributed by atoms with Gasteiger partial charge in [-0.05, 0) is 61.1 Å². The Morgan fingerprint density at radius 3 is 2.65 bits per heavy atom. The number of hydrogen-bond donors (Lipinski definition) is 1. The Balaban J connectivity index is 1.30. The SMILES string of the molecule is Cc1nccn1Cc1ccc(C(=O)NCc2cccc(CN3CCCC(C)C3)c2)cc1. The molecule has 162 valence electrons. The second-order valence-electron chi connectivity index (χ2n) is 8.78. The second-order valence-corrected chi connectivity index (χ2v) is 8.78. The van der Waals surface area contributed by atoms with Gasteiger partial charge in [-0.2, -0.15) is 0 Å². The quantitative estimate of drug-likeness (QED) is 0.621. The van der Waals surface area contributed by atoms with Gasteiger partial charge in [-0.25, -0.2) is 4.98 Å². The Kier molecular flexibility index (Phi) is 6.82. The largest absolute Gasteiger partial charge is 0.348 e. The lowest BCUT2D eigenvalue weighted by Crippen LogP contribution is -2.33. The van der Waals surface area contributed by atoms with E-state index in [0.29, 0.717) is 12.1 Å². The highest BCUT2D eigenvalue weighted by molar-refractivity contribution is 5.94. The molecule has 1 N–H and O–H groups in total. The average molecular weight is 417 g/mol. The number of nitrogens with one attached hydrogen (secondary N) is 1. The van der Waals surface area contributed by atoms with Crippen molar-refractivity contribution in [3.8, 4) is 0 Å². The molecule has 2 heterocycles. The Bertz CT molecular complexity index is 1010. The number of aromatic nitrogens is 2. The minimum atomic E-state index is -0.0411. The maximum absolute atomic E-state index is 12.6. The number of likely N-dealkylation sites (tertiary alicyclic amines) is 1. The van der Waals surface area contributed by atoms with Crippen LogP contribution in [-0.2, 0) is 19.6 Å². The van der Waals surface area contributed by atoms with Crippen LogP contribution in [0.5, 0.6) is 0 Å². The van der Waals surface area contributed by atoms with Gasteiger partial charge in [-0.15, -0.1) is 0 Å². The summed E-state index contributed by atoms with van der Waals surface area (Å²) in [6, 6.07) is 16.4. The van der Waals surface area contributed by atoms with E-state index in [4.69, 9.17) is 0 Å². The standard InChI is InChI=1S/C26H32N4O/c1-20-5-4-13-29(17-20)18-24-7-3-6-23(15-24)16-28-26(31)25-10-8-22(9-11-25)19-30-14-12-27-21(30)2/h3,6-12,14-15,20H,4-5,13,16-19H2,1-2H3,(H,28,31). The molecule has 31 heavy (non-hydrogen) atoms. The molecule has 1 unspecified atom stereocenters. The summed E-state index contributed by atoms with van der Waals surface area (Å²) < 4.78 is 2.09. The first-order chi connectivity index (χ1) is 15.1. The van der Waals surface area contributed by atoms with E-state index in [9.17, 15) is 4.79 Å². The second kappa shape index (κ2) is 9.92. The molecule has 1 amide bonds. The van der Waals surface area contributed by atoms with E-state index in [2.05, 4.69) is 51.0 Å². The van der Waals surface area contributed by atoms with Gasteiger partial charge < -0.3 is 9.88 Å². The van der Waals surface area contributed by atoms with Gasteiger partial charge in [-0.1, -0.05) is 43.3 Å². The van der Waals surface area contributed by atoms with Crippen LogP contribution in [-0.4, -0.2) is 33.4 Å². The number of benzene rings is 2. The maximum atomic E-state index is 12.6. The van der Waals surface area contributed by atoms with Crippen LogP contribution in [0.25, 0.3) is 0 Å². The molecule has 1 aromatic heterocycles. The number of amides is 1. The Morgan fingerprint density at radius 2 is 1.90 bits per heavy atom. The molecule has 5 heteroatoms. The van der Waals surface area contributed by atoms with Crippen LogP contribution in [0.2, 0.25) is 0 Å². The number of carbonyl (C=O) groups is 1. The van der Waals surface area contributed by atoms with Gasteiger partial charge in [0.15, 0.2) is 0 Å². The molecule has 1 fully saturated rings. The van der Waals surface area contributed by atoms with Gasteiger partial charge in [-0.3, -0.25) is 9.69 Å². The van der Waals surface area contributed by atoms with Crippen LogP contribution in [0, 0.1) is 12.8 Å². The normalized spacial score (nSPS) is 16.9. The number of carbonyl (C=O) groups excluding carboxylic acids is 1. The predicted octanol–water partition coefficient (Wildman–Crippen LogP) is 4.40. The molecule has 0 spiro atoms. The Hall–Kier alpha value is -2.92. The summed E-state index contributed by atoms with van der Waals surface area (Å²) in [7, 11) is 0. The third-order valence-electron chi connectivity index (χ3n) is 6.08. The van der Waals surface area contributed by atoms with Crippen LogP contribution in [0.3, 0.4) is 0 Å². The van der Waals surface area contributed by atoms with Gasteiger partial charge in [0, 0.05) is 44.1 Å². The molecule has 5 nitrogen and oxygen atoms in total. The summed E-state index contributed by atoms with van der Waals surface area (Å²) in [6.07, 6.45) is 6.40. The minimum absolute atomic E-state index is 0.0411. The predicted molar refractivity (Wildman–Crippen MR) is 124 cm³/mol. The molecule has 0 saturated carbocycles. The van der Waals surface area contributed by atoms with Crippen molar-refractivity contribution in [3.63, 3.8) is 0 Å². The number of rotatable bonds is 7. The first-order valence-electron chi connectivity index (χ1n) is 11.2. The molecular formula is C26H32N4O. The van der Waals surface area contributed by atoms with E-state index in [0.717, 1.165) is 36.0 Å². The maximum Gasteiger partial charge on any atom is 0.251 e. The number of piperidine rings is 1. The lowest BCUT2D eigenvalue weighted by Gasteiger charge is -2.30. The van der Waals surface area contributed by atoms with E-state index in [1.165, 1.54) is 31.5 Å². The van der Waals surface area contributed by atoms with Crippen LogP contribution in [0.15, 0.2) is 60.9 Å². The zero-order chi connectivity index (χ0) is 21.6. The van der Waals surface area contributed by atoms with Gasteiger partial charge in [0.05, 0.1) is 0 Å². The zero-order valence-electron chi connectivity index (χ0n) is 18.6. The summed E-state index contributed by atoms with van der Waals surface area (Å²) in [5, 5.41) is 3.06. The van der Waals surface area contributed by atoms with E-state index in [1.807, 2.05) is 37.4 Å². The molecule has 0 radical (unpaired) electrons. The van der Waals surface area contributed by atoms with Crippen LogP contribution in [0.4, 0.5) is 0 Å². The lowest BCUT2D eigenvalue weighted by molar-refractivity contribution is 0.0951. The number of aryl methyl sites for hydroxylation is 1. The van der Waals surface area contributed by atoms with Gasteiger partial charge >= 0.3 is 0 Å². The van der Waals surface area contributed by atoms with Crippen molar-refractivity contribution in [2.24, 2.45) is 5.92 Å². The Morgan fingerprint density at radius 1 is 1.10 bits per heavy atom. The summed E-state index contributed by atoms with van der Waals surface area (Å²) in [5.74, 6) is 1.73. The van der Waals surface area contributed by atoms with Crippen molar-refractivity contribution < 1.29 is 4.79 Å². The van der Waals surface area contributed by atoms with E-state index >= 15 is 0 Å². The van der Waals surface area contributed by atoms with Crippen LogP contribution in [0.1, 0.15) is 52.6 Å². The highest BCUT2D eigenvalue weighted by Crippen LogP contribution is 2.18. The first kappa shape index (κ1) is 21.3. The van der Waals surface area contributed by atoms with Crippen LogP contribution < -0.4 is 5.32 Å². The average Bonchev–Trinajstić information content (AvgIpc) is 3.17. The summed E-state index contributed by atoms with van der Waals surface area (Å²) in [5.41, 5.74) is 4.30.